The minimum absolute atomic E-state index is 0.105. The molecule has 0 heterocycles. The molecule has 1 N–H and O–H groups in total. The quantitative estimate of drug-likeness (QED) is 0.875. The summed E-state index contributed by atoms with van der Waals surface area (Å²) in [4.78, 5) is 10.8. The van der Waals surface area contributed by atoms with Crippen molar-refractivity contribution in [1.82, 2.24) is 0 Å². The molecule has 1 rings (SSSR count). The third kappa shape index (κ3) is 2.76. The lowest BCUT2D eigenvalue weighted by Gasteiger charge is -2.26. The number of benzene rings is 1. The van der Waals surface area contributed by atoms with Crippen LogP contribution in [-0.2, 0) is 10.2 Å². The number of aryl methyl sites for hydroxylation is 1. The molecule has 1 aromatic carbocycles. The monoisotopic (exact) mass is 240 g/mol. The van der Waals surface area contributed by atoms with Gasteiger partial charge in [-0.15, -0.1) is 0 Å². The largest absolute Gasteiger partial charge is 0.481 e. The summed E-state index contributed by atoms with van der Waals surface area (Å²) in [6.07, 6.45) is 0.105. The molecule has 0 saturated heterocycles. The van der Waals surface area contributed by atoms with Crippen LogP contribution in [-0.4, -0.2) is 11.1 Å². The molecule has 0 atom stereocenters. The average Bonchev–Trinajstić information content (AvgIpc) is 2.08. The van der Waals surface area contributed by atoms with E-state index in [1.54, 1.807) is 0 Å². The molecule has 0 spiro atoms. The molecule has 0 aliphatic rings. The predicted octanol–water partition coefficient (Wildman–Crippen LogP) is 3.71. The number of rotatable bonds is 3. The van der Waals surface area contributed by atoms with E-state index >= 15 is 0 Å². The van der Waals surface area contributed by atoms with Crippen molar-refractivity contribution in [2.24, 2.45) is 0 Å². The van der Waals surface area contributed by atoms with Crippen LogP contribution >= 0.6 is 11.6 Å². The zero-order valence-corrected chi connectivity index (χ0v) is 10.9. The van der Waals surface area contributed by atoms with Gasteiger partial charge in [0.05, 0.1) is 6.42 Å². The summed E-state index contributed by atoms with van der Waals surface area (Å²) in [7, 11) is 0. The molecule has 3 heteroatoms. The van der Waals surface area contributed by atoms with Gasteiger partial charge in [-0.1, -0.05) is 31.5 Å². The Morgan fingerprint density at radius 3 is 2.44 bits per heavy atom. The first kappa shape index (κ1) is 13.0. The highest BCUT2D eigenvalue weighted by Crippen LogP contribution is 2.33. The second-order valence-electron chi connectivity index (χ2n) is 4.87. The molecule has 16 heavy (non-hydrogen) atoms. The molecule has 0 amide bonds. The summed E-state index contributed by atoms with van der Waals surface area (Å²) in [5.74, 6) is -0.790. The number of aliphatic carboxylic acids is 1. The average molecular weight is 241 g/mol. The topological polar surface area (TPSA) is 37.3 Å². The molecule has 1 aromatic rings. The molecule has 0 unspecified atom stereocenters. The van der Waals surface area contributed by atoms with Crippen LogP contribution in [0.3, 0.4) is 0 Å². The Labute approximate surface area is 101 Å². The van der Waals surface area contributed by atoms with Gasteiger partial charge >= 0.3 is 5.97 Å². The van der Waals surface area contributed by atoms with Crippen molar-refractivity contribution < 1.29 is 9.90 Å². The Morgan fingerprint density at radius 1 is 1.38 bits per heavy atom. The summed E-state index contributed by atoms with van der Waals surface area (Å²) in [5, 5.41) is 9.61. The lowest BCUT2D eigenvalue weighted by atomic mass is 9.79. The lowest BCUT2D eigenvalue weighted by molar-refractivity contribution is -0.138. The van der Waals surface area contributed by atoms with E-state index in [9.17, 15) is 4.79 Å². The van der Waals surface area contributed by atoms with Gasteiger partial charge in [-0.3, -0.25) is 4.79 Å². The van der Waals surface area contributed by atoms with Crippen molar-refractivity contribution in [3.05, 3.63) is 33.8 Å². The first-order valence-corrected chi connectivity index (χ1v) is 5.61. The lowest BCUT2D eigenvalue weighted by Crippen LogP contribution is -2.23. The maximum absolute atomic E-state index is 10.8. The molecule has 0 aliphatic heterocycles. The molecule has 0 aliphatic carbocycles. The summed E-state index contributed by atoms with van der Waals surface area (Å²) in [6, 6.07) is 3.92. The second-order valence-corrected chi connectivity index (χ2v) is 5.28. The summed E-state index contributed by atoms with van der Waals surface area (Å²) in [5.41, 5.74) is 2.65. The number of carboxylic acids is 1. The zero-order valence-electron chi connectivity index (χ0n) is 10.1. The minimum atomic E-state index is -0.790. The molecular formula is C13H17ClO2. The van der Waals surface area contributed by atoms with E-state index in [4.69, 9.17) is 16.7 Å². The van der Waals surface area contributed by atoms with E-state index in [0.717, 1.165) is 16.7 Å². The van der Waals surface area contributed by atoms with Gasteiger partial charge in [-0.05, 0) is 36.6 Å². The highest BCUT2D eigenvalue weighted by Gasteiger charge is 2.26. The van der Waals surface area contributed by atoms with Crippen LogP contribution in [0.1, 0.15) is 37.0 Å². The molecule has 0 radical (unpaired) electrons. The molecule has 0 saturated carbocycles. The summed E-state index contributed by atoms with van der Waals surface area (Å²) in [6.45, 7) is 7.75. The number of carboxylic acid groups (broad SMARTS) is 1. The maximum Gasteiger partial charge on any atom is 0.304 e. The van der Waals surface area contributed by atoms with Gasteiger partial charge in [0, 0.05) is 10.4 Å². The smallest absolute Gasteiger partial charge is 0.304 e. The highest BCUT2D eigenvalue weighted by molar-refractivity contribution is 6.31. The third-order valence-electron chi connectivity index (χ3n) is 2.81. The molecule has 2 nitrogen and oxygen atoms in total. The van der Waals surface area contributed by atoms with Gasteiger partial charge in [-0.25, -0.2) is 0 Å². The van der Waals surface area contributed by atoms with Crippen LogP contribution in [0, 0.1) is 13.8 Å². The Bertz CT molecular complexity index is 422. The number of carbonyl (C=O) groups is 1. The van der Waals surface area contributed by atoms with Crippen molar-refractivity contribution >= 4 is 17.6 Å². The number of hydrogen-bond donors (Lipinski definition) is 1. The minimum Gasteiger partial charge on any atom is -0.481 e. The van der Waals surface area contributed by atoms with Crippen molar-refractivity contribution in [3.8, 4) is 0 Å². The van der Waals surface area contributed by atoms with E-state index in [2.05, 4.69) is 0 Å². The van der Waals surface area contributed by atoms with Gasteiger partial charge in [0.25, 0.3) is 0 Å². The first-order chi connectivity index (χ1) is 7.24. The van der Waals surface area contributed by atoms with Gasteiger partial charge in [0.15, 0.2) is 0 Å². The zero-order chi connectivity index (χ0) is 12.5. The van der Waals surface area contributed by atoms with Gasteiger partial charge in [-0.2, -0.15) is 0 Å². The first-order valence-electron chi connectivity index (χ1n) is 5.23. The summed E-state index contributed by atoms with van der Waals surface area (Å²) < 4.78 is 0. The van der Waals surface area contributed by atoms with Crippen LogP contribution in [0.15, 0.2) is 12.1 Å². The van der Waals surface area contributed by atoms with Crippen LogP contribution in [0.25, 0.3) is 0 Å². The third-order valence-corrected chi connectivity index (χ3v) is 3.20. The normalized spacial score (nSPS) is 11.6. The van der Waals surface area contributed by atoms with E-state index in [-0.39, 0.29) is 6.42 Å². The predicted molar refractivity (Wildman–Crippen MR) is 66.2 cm³/mol. The maximum atomic E-state index is 10.8. The van der Waals surface area contributed by atoms with Crippen molar-refractivity contribution in [3.63, 3.8) is 0 Å². The fourth-order valence-electron chi connectivity index (χ4n) is 1.99. The van der Waals surface area contributed by atoms with Gasteiger partial charge < -0.3 is 5.11 Å². The Kier molecular flexibility index (Phi) is 3.64. The molecule has 0 aromatic heterocycles. The SMILES string of the molecule is Cc1cc(Cl)c(C)c(C(C)(C)CC(=O)O)c1. The van der Waals surface area contributed by atoms with Crippen molar-refractivity contribution in [1.29, 1.82) is 0 Å². The van der Waals surface area contributed by atoms with E-state index < -0.39 is 11.4 Å². The number of halogens is 1. The van der Waals surface area contributed by atoms with Crippen molar-refractivity contribution in [2.75, 3.05) is 0 Å². The fraction of sp³-hybridized carbons (Fsp3) is 0.462. The molecule has 0 fully saturated rings. The fourth-order valence-corrected chi connectivity index (χ4v) is 2.26. The highest BCUT2D eigenvalue weighted by atomic mass is 35.5. The molecule has 88 valence electrons. The standard InChI is InChI=1S/C13H17ClO2/c1-8-5-10(9(2)11(14)6-8)13(3,4)7-12(15)16/h5-6H,7H2,1-4H3,(H,15,16). The van der Waals surface area contributed by atoms with Crippen LogP contribution in [0.2, 0.25) is 5.02 Å². The number of hydrogen-bond acceptors (Lipinski definition) is 1. The van der Waals surface area contributed by atoms with Gasteiger partial charge in [0.2, 0.25) is 0 Å². The van der Waals surface area contributed by atoms with E-state index in [1.807, 2.05) is 39.8 Å². The van der Waals surface area contributed by atoms with E-state index in [1.165, 1.54) is 0 Å². The van der Waals surface area contributed by atoms with Crippen molar-refractivity contribution in [2.45, 2.75) is 39.5 Å². The summed E-state index contributed by atoms with van der Waals surface area (Å²) >= 11 is 6.11. The van der Waals surface area contributed by atoms with Crippen LogP contribution in [0.4, 0.5) is 0 Å². The Morgan fingerprint density at radius 2 is 1.94 bits per heavy atom. The van der Waals surface area contributed by atoms with Crippen LogP contribution < -0.4 is 0 Å². The Hall–Kier alpha value is -1.02. The second kappa shape index (κ2) is 4.46. The van der Waals surface area contributed by atoms with Crippen LogP contribution in [0.5, 0.6) is 0 Å². The van der Waals surface area contributed by atoms with E-state index in [0.29, 0.717) is 5.02 Å². The Balaban J connectivity index is 3.26. The van der Waals surface area contributed by atoms with Gasteiger partial charge in [0.1, 0.15) is 0 Å². The molecule has 0 bridgehead atoms. The molecular weight excluding hydrogens is 224 g/mol.